The molecule has 1 aliphatic heterocycles. The van der Waals surface area contributed by atoms with Crippen molar-refractivity contribution in [3.05, 3.63) is 83.1 Å². The number of hydrogen-bond donors (Lipinski definition) is 1. The summed E-state index contributed by atoms with van der Waals surface area (Å²) in [5.41, 5.74) is 3.47. The highest BCUT2D eigenvalue weighted by Crippen LogP contribution is 2.38. The van der Waals surface area contributed by atoms with Crippen LogP contribution in [0, 0.1) is 18.6 Å². The average molecular weight is 376 g/mol. The lowest BCUT2D eigenvalue weighted by molar-refractivity contribution is 0.572. The van der Waals surface area contributed by atoms with Gasteiger partial charge in [0.25, 0.3) is 0 Å². The molecule has 1 unspecified atom stereocenters. The maximum atomic E-state index is 14.5. The van der Waals surface area contributed by atoms with Gasteiger partial charge in [-0.25, -0.2) is 8.78 Å². The maximum absolute atomic E-state index is 14.5. The van der Waals surface area contributed by atoms with Gasteiger partial charge in [-0.1, -0.05) is 52.8 Å². The van der Waals surface area contributed by atoms with Crippen molar-refractivity contribution in [1.29, 1.82) is 0 Å². The van der Waals surface area contributed by atoms with Gasteiger partial charge in [0.2, 0.25) is 0 Å². The van der Waals surface area contributed by atoms with E-state index in [0.717, 1.165) is 11.1 Å². The third-order valence-corrected chi connectivity index (χ3v) is 4.78. The molecule has 1 nitrogen and oxygen atoms in total. The summed E-state index contributed by atoms with van der Waals surface area (Å²) < 4.78 is 28.9. The van der Waals surface area contributed by atoms with Crippen molar-refractivity contribution in [3.63, 3.8) is 0 Å². The lowest BCUT2D eigenvalue weighted by Gasteiger charge is -2.28. The third-order valence-electron chi connectivity index (χ3n) is 3.91. The molecule has 0 saturated carbocycles. The van der Waals surface area contributed by atoms with Gasteiger partial charge in [0, 0.05) is 5.70 Å². The second-order valence-electron chi connectivity index (χ2n) is 5.65. The first-order chi connectivity index (χ1) is 11.0. The Morgan fingerprint density at radius 3 is 2.35 bits per heavy atom. The van der Waals surface area contributed by atoms with Crippen LogP contribution in [-0.2, 0) is 0 Å². The van der Waals surface area contributed by atoms with Gasteiger partial charge < -0.3 is 5.32 Å². The van der Waals surface area contributed by atoms with E-state index in [1.165, 1.54) is 12.1 Å². The molecule has 1 heterocycles. The first-order valence-corrected chi connectivity index (χ1v) is 8.23. The zero-order chi connectivity index (χ0) is 16.6. The van der Waals surface area contributed by atoms with Crippen LogP contribution < -0.4 is 5.32 Å². The first kappa shape index (κ1) is 15.9. The third kappa shape index (κ3) is 3.08. The van der Waals surface area contributed by atoms with Crippen LogP contribution in [0.3, 0.4) is 0 Å². The number of halogens is 3. The smallest absolute Gasteiger partial charge is 0.135 e. The lowest BCUT2D eigenvalue weighted by atomic mass is 9.91. The van der Waals surface area contributed by atoms with Gasteiger partial charge in [0.1, 0.15) is 11.6 Å². The Bertz CT molecular complexity index is 773. The molecule has 3 rings (SSSR count). The summed E-state index contributed by atoms with van der Waals surface area (Å²) in [5.74, 6) is -1.14. The summed E-state index contributed by atoms with van der Waals surface area (Å²) >= 11 is 3.56. The standard InChI is InChI=1S/C19H16BrF2N/c1-11-8-16(21)18(17(22)9-11)19-14(10-15(20)12(2)23-19)13-6-4-3-5-7-13/h3-9,15,23H,2,10H2,1H3. The SMILES string of the molecule is C=C1NC(c2c(F)cc(C)cc2F)=C(c2ccccc2)CC1Br. The van der Waals surface area contributed by atoms with Gasteiger partial charge in [-0.3, -0.25) is 0 Å². The molecule has 2 aromatic carbocycles. The van der Waals surface area contributed by atoms with Gasteiger partial charge in [-0.15, -0.1) is 0 Å². The number of allylic oxidation sites excluding steroid dienone is 2. The van der Waals surface area contributed by atoms with Crippen LogP contribution in [-0.4, -0.2) is 4.83 Å². The Morgan fingerprint density at radius 2 is 1.74 bits per heavy atom. The van der Waals surface area contributed by atoms with Gasteiger partial charge in [0.15, 0.2) is 0 Å². The topological polar surface area (TPSA) is 12.0 Å². The van der Waals surface area contributed by atoms with Crippen LogP contribution in [0.25, 0.3) is 11.3 Å². The highest BCUT2D eigenvalue weighted by atomic mass is 79.9. The minimum Gasteiger partial charge on any atom is -0.358 e. The van der Waals surface area contributed by atoms with E-state index >= 15 is 0 Å². The molecule has 1 N–H and O–H groups in total. The van der Waals surface area contributed by atoms with Gasteiger partial charge in [-0.05, 0) is 42.2 Å². The van der Waals surface area contributed by atoms with Crippen LogP contribution in [0.5, 0.6) is 0 Å². The quantitative estimate of drug-likeness (QED) is 0.691. The van der Waals surface area contributed by atoms with Crippen LogP contribution in [0.15, 0.2) is 54.7 Å². The van der Waals surface area contributed by atoms with Crippen LogP contribution in [0.1, 0.15) is 23.1 Å². The van der Waals surface area contributed by atoms with Crippen molar-refractivity contribution >= 4 is 27.2 Å². The molecule has 1 aliphatic rings. The summed E-state index contributed by atoms with van der Waals surface area (Å²) in [4.78, 5) is 0.0121. The fourth-order valence-electron chi connectivity index (χ4n) is 2.77. The Labute approximate surface area is 142 Å². The molecule has 23 heavy (non-hydrogen) atoms. The summed E-state index contributed by atoms with van der Waals surface area (Å²) in [5, 5.41) is 3.09. The minimum atomic E-state index is -0.570. The van der Waals surface area contributed by atoms with Crippen LogP contribution in [0.2, 0.25) is 0 Å². The van der Waals surface area contributed by atoms with Crippen molar-refractivity contribution in [1.82, 2.24) is 5.32 Å². The van der Waals surface area contributed by atoms with Crippen molar-refractivity contribution in [3.8, 4) is 0 Å². The van der Waals surface area contributed by atoms with E-state index in [1.807, 2.05) is 30.3 Å². The molecule has 0 aromatic heterocycles. The highest BCUT2D eigenvalue weighted by Gasteiger charge is 2.27. The van der Waals surface area contributed by atoms with Crippen molar-refractivity contribution < 1.29 is 8.78 Å². The number of rotatable bonds is 2. The molecule has 0 saturated heterocycles. The maximum Gasteiger partial charge on any atom is 0.135 e. The second kappa shape index (κ2) is 6.28. The Hall–Kier alpha value is -1.94. The molecule has 0 radical (unpaired) electrons. The first-order valence-electron chi connectivity index (χ1n) is 7.32. The van der Waals surface area contributed by atoms with Gasteiger partial charge in [-0.2, -0.15) is 0 Å². The molecule has 2 aromatic rings. The normalized spacial score (nSPS) is 18.1. The van der Waals surface area contributed by atoms with E-state index in [9.17, 15) is 8.78 Å². The Kier molecular flexibility index (Phi) is 4.35. The zero-order valence-electron chi connectivity index (χ0n) is 12.7. The van der Waals surface area contributed by atoms with Gasteiger partial charge in [0.05, 0.1) is 16.1 Å². The largest absolute Gasteiger partial charge is 0.358 e. The van der Waals surface area contributed by atoms with Crippen molar-refractivity contribution in [2.75, 3.05) is 0 Å². The monoisotopic (exact) mass is 375 g/mol. The Morgan fingerprint density at radius 1 is 1.13 bits per heavy atom. The predicted octanol–water partition coefficient (Wildman–Crippen LogP) is 5.41. The van der Waals surface area contributed by atoms with Crippen molar-refractivity contribution in [2.45, 2.75) is 18.2 Å². The summed E-state index contributed by atoms with van der Waals surface area (Å²) in [6, 6.07) is 12.3. The summed E-state index contributed by atoms with van der Waals surface area (Å²) in [7, 11) is 0. The summed E-state index contributed by atoms with van der Waals surface area (Å²) in [6.45, 7) is 5.61. The molecular weight excluding hydrogens is 360 g/mol. The van der Waals surface area contributed by atoms with E-state index < -0.39 is 11.6 Å². The lowest BCUT2D eigenvalue weighted by Crippen LogP contribution is -2.26. The number of alkyl halides is 1. The molecule has 4 heteroatoms. The second-order valence-corrected chi connectivity index (χ2v) is 6.75. The average Bonchev–Trinajstić information content (AvgIpc) is 2.50. The predicted molar refractivity (Wildman–Crippen MR) is 94.0 cm³/mol. The molecule has 0 bridgehead atoms. The van der Waals surface area contributed by atoms with Crippen molar-refractivity contribution in [2.24, 2.45) is 0 Å². The minimum absolute atomic E-state index is 0.0121. The number of aryl methyl sites for hydroxylation is 1. The molecule has 1 atom stereocenters. The number of benzene rings is 2. The molecule has 0 aliphatic carbocycles. The molecule has 118 valence electrons. The highest BCUT2D eigenvalue weighted by molar-refractivity contribution is 9.09. The Balaban J connectivity index is 2.25. The molecular formula is C19H16BrF2N. The number of nitrogens with one attached hydrogen (secondary N) is 1. The fraction of sp³-hybridized carbons (Fsp3) is 0.158. The fourth-order valence-corrected chi connectivity index (χ4v) is 3.21. The zero-order valence-corrected chi connectivity index (χ0v) is 14.3. The molecule has 0 fully saturated rings. The van der Waals surface area contributed by atoms with Crippen LogP contribution >= 0.6 is 15.9 Å². The van der Waals surface area contributed by atoms with E-state index in [0.29, 0.717) is 23.4 Å². The van der Waals surface area contributed by atoms with Gasteiger partial charge >= 0.3 is 0 Å². The number of hydrogen-bond acceptors (Lipinski definition) is 1. The molecule has 0 amide bonds. The van der Waals surface area contributed by atoms with E-state index in [1.54, 1.807) is 6.92 Å². The summed E-state index contributed by atoms with van der Waals surface area (Å²) in [6.07, 6.45) is 0.609. The van der Waals surface area contributed by atoms with E-state index in [4.69, 9.17) is 0 Å². The van der Waals surface area contributed by atoms with Crippen LogP contribution in [0.4, 0.5) is 8.78 Å². The van der Waals surface area contributed by atoms with E-state index in [2.05, 4.69) is 27.8 Å². The molecule has 0 spiro atoms. The van der Waals surface area contributed by atoms with E-state index in [-0.39, 0.29) is 10.4 Å².